The number of carboxylic acid groups (broad SMARTS) is 1. The van der Waals surface area contributed by atoms with E-state index in [-0.39, 0.29) is 5.92 Å². The fraction of sp³-hybridized carbons (Fsp3) is 0.500. The standard InChI is InChI=1S/C14H18O3/c1-2-7-14(17,13(15)16)12-8-10-5-3-4-6-11(10)9-12/h3-6,12,17H,2,7-9H2,1H3,(H,15,16). The number of carbonyl (C=O) groups is 1. The van der Waals surface area contributed by atoms with Gasteiger partial charge in [-0.25, -0.2) is 4.79 Å². The Morgan fingerprint density at radius 3 is 2.29 bits per heavy atom. The molecule has 0 saturated heterocycles. The predicted octanol–water partition coefficient (Wildman–Crippen LogP) is 2.02. The summed E-state index contributed by atoms with van der Waals surface area (Å²) in [6.45, 7) is 1.90. The summed E-state index contributed by atoms with van der Waals surface area (Å²) in [5.74, 6) is -1.28. The van der Waals surface area contributed by atoms with Gasteiger partial charge in [0.15, 0.2) is 5.60 Å². The van der Waals surface area contributed by atoms with Crippen molar-refractivity contribution < 1.29 is 15.0 Å². The predicted molar refractivity (Wildman–Crippen MR) is 64.8 cm³/mol. The molecule has 1 atom stereocenters. The zero-order chi connectivity index (χ0) is 12.5. The van der Waals surface area contributed by atoms with E-state index in [1.54, 1.807) is 0 Å². The van der Waals surface area contributed by atoms with Crippen molar-refractivity contribution in [1.29, 1.82) is 0 Å². The molecule has 92 valence electrons. The van der Waals surface area contributed by atoms with Crippen LogP contribution in [-0.2, 0) is 17.6 Å². The van der Waals surface area contributed by atoms with E-state index >= 15 is 0 Å². The number of rotatable bonds is 4. The molecule has 0 heterocycles. The number of carboxylic acids is 1. The zero-order valence-corrected chi connectivity index (χ0v) is 10.0. The van der Waals surface area contributed by atoms with E-state index in [4.69, 9.17) is 0 Å². The summed E-state index contributed by atoms with van der Waals surface area (Å²) in [4.78, 5) is 11.3. The number of aliphatic carboxylic acids is 1. The van der Waals surface area contributed by atoms with Crippen LogP contribution in [0.4, 0.5) is 0 Å². The van der Waals surface area contributed by atoms with Crippen molar-refractivity contribution in [3.05, 3.63) is 35.4 Å². The Labute approximate surface area is 101 Å². The highest BCUT2D eigenvalue weighted by atomic mass is 16.4. The lowest BCUT2D eigenvalue weighted by Gasteiger charge is -2.29. The van der Waals surface area contributed by atoms with Crippen LogP contribution in [0.1, 0.15) is 30.9 Å². The maximum Gasteiger partial charge on any atom is 0.335 e. The number of hydrogen-bond acceptors (Lipinski definition) is 2. The molecule has 1 aromatic rings. The van der Waals surface area contributed by atoms with Gasteiger partial charge in [-0.05, 0) is 30.4 Å². The van der Waals surface area contributed by atoms with Gasteiger partial charge in [0.1, 0.15) is 0 Å². The topological polar surface area (TPSA) is 57.5 Å². The Morgan fingerprint density at radius 1 is 1.35 bits per heavy atom. The van der Waals surface area contributed by atoms with Crippen LogP contribution in [-0.4, -0.2) is 21.8 Å². The maximum atomic E-state index is 11.3. The van der Waals surface area contributed by atoms with Crippen molar-refractivity contribution in [2.24, 2.45) is 5.92 Å². The van der Waals surface area contributed by atoms with Crippen LogP contribution in [0.15, 0.2) is 24.3 Å². The second kappa shape index (κ2) is 4.49. The van der Waals surface area contributed by atoms with E-state index in [9.17, 15) is 15.0 Å². The zero-order valence-electron chi connectivity index (χ0n) is 10.0. The van der Waals surface area contributed by atoms with E-state index in [0.717, 1.165) is 0 Å². The van der Waals surface area contributed by atoms with Crippen LogP contribution in [0.25, 0.3) is 0 Å². The van der Waals surface area contributed by atoms with Crippen molar-refractivity contribution in [3.63, 3.8) is 0 Å². The third kappa shape index (κ3) is 2.07. The first-order valence-electron chi connectivity index (χ1n) is 6.10. The van der Waals surface area contributed by atoms with Gasteiger partial charge >= 0.3 is 5.97 Å². The molecule has 2 rings (SSSR count). The minimum Gasteiger partial charge on any atom is -0.479 e. The van der Waals surface area contributed by atoms with E-state index in [2.05, 4.69) is 0 Å². The summed E-state index contributed by atoms with van der Waals surface area (Å²) in [6, 6.07) is 7.95. The highest BCUT2D eigenvalue weighted by Gasteiger charge is 2.45. The minimum absolute atomic E-state index is 0.197. The first kappa shape index (κ1) is 12.1. The van der Waals surface area contributed by atoms with Crippen molar-refractivity contribution >= 4 is 5.97 Å². The van der Waals surface area contributed by atoms with Crippen molar-refractivity contribution in [2.45, 2.75) is 38.2 Å². The molecule has 1 aliphatic rings. The molecule has 0 spiro atoms. The lowest BCUT2D eigenvalue weighted by molar-refractivity contribution is -0.165. The Bertz CT molecular complexity index is 402. The Hall–Kier alpha value is -1.35. The van der Waals surface area contributed by atoms with Gasteiger partial charge in [0, 0.05) is 5.92 Å². The smallest absolute Gasteiger partial charge is 0.335 e. The quantitative estimate of drug-likeness (QED) is 0.838. The lowest BCUT2D eigenvalue weighted by Crippen LogP contribution is -2.46. The third-order valence-corrected chi connectivity index (χ3v) is 3.73. The molecule has 1 unspecified atom stereocenters. The summed E-state index contributed by atoms with van der Waals surface area (Å²) >= 11 is 0. The number of fused-ring (bicyclic) bond motifs is 1. The minimum atomic E-state index is -1.58. The van der Waals surface area contributed by atoms with Crippen LogP contribution < -0.4 is 0 Å². The Kier molecular flexibility index (Phi) is 3.20. The first-order chi connectivity index (χ1) is 8.08. The van der Waals surface area contributed by atoms with Crippen LogP contribution in [0.2, 0.25) is 0 Å². The largest absolute Gasteiger partial charge is 0.479 e. The summed E-state index contributed by atoms with van der Waals surface area (Å²) < 4.78 is 0. The normalized spacial score (nSPS) is 18.7. The Morgan fingerprint density at radius 2 is 1.88 bits per heavy atom. The highest BCUT2D eigenvalue weighted by Crippen LogP contribution is 2.36. The molecule has 0 saturated carbocycles. The van der Waals surface area contributed by atoms with E-state index in [0.29, 0.717) is 25.7 Å². The fourth-order valence-electron chi connectivity index (χ4n) is 2.76. The van der Waals surface area contributed by atoms with Gasteiger partial charge in [0.05, 0.1) is 0 Å². The van der Waals surface area contributed by atoms with Crippen LogP contribution in [0.3, 0.4) is 0 Å². The molecule has 0 aliphatic heterocycles. The summed E-state index contributed by atoms with van der Waals surface area (Å²) in [6.07, 6.45) is 2.33. The first-order valence-corrected chi connectivity index (χ1v) is 6.10. The monoisotopic (exact) mass is 234 g/mol. The molecule has 1 aromatic carbocycles. The van der Waals surface area contributed by atoms with Crippen LogP contribution in [0, 0.1) is 5.92 Å². The molecule has 0 aromatic heterocycles. The fourth-order valence-corrected chi connectivity index (χ4v) is 2.76. The SMILES string of the molecule is CCCC(O)(C(=O)O)C1Cc2ccccc2C1. The van der Waals surface area contributed by atoms with Gasteiger partial charge in [-0.1, -0.05) is 37.6 Å². The van der Waals surface area contributed by atoms with E-state index in [1.807, 2.05) is 31.2 Å². The summed E-state index contributed by atoms with van der Waals surface area (Å²) in [5.41, 5.74) is 0.773. The molecule has 0 fully saturated rings. The molecule has 1 aliphatic carbocycles. The molecule has 2 N–H and O–H groups in total. The van der Waals surface area contributed by atoms with Gasteiger partial charge in [-0.3, -0.25) is 0 Å². The number of hydrogen-bond donors (Lipinski definition) is 2. The number of aliphatic hydroxyl groups is 1. The molecule has 17 heavy (non-hydrogen) atoms. The molecular formula is C14H18O3. The summed E-state index contributed by atoms with van der Waals surface area (Å²) in [5, 5.41) is 19.6. The van der Waals surface area contributed by atoms with E-state index in [1.165, 1.54) is 11.1 Å². The van der Waals surface area contributed by atoms with Crippen LogP contribution in [0.5, 0.6) is 0 Å². The number of benzene rings is 1. The average molecular weight is 234 g/mol. The second-order valence-electron chi connectivity index (χ2n) is 4.85. The highest BCUT2D eigenvalue weighted by molar-refractivity contribution is 5.78. The molecule has 0 amide bonds. The van der Waals surface area contributed by atoms with Crippen molar-refractivity contribution in [3.8, 4) is 0 Å². The van der Waals surface area contributed by atoms with Gasteiger partial charge in [0.25, 0.3) is 0 Å². The molecular weight excluding hydrogens is 216 g/mol. The van der Waals surface area contributed by atoms with Gasteiger partial charge in [-0.2, -0.15) is 0 Å². The molecule has 3 heteroatoms. The van der Waals surface area contributed by atoms with E-state index < -0.39 is 11.6 Å². The second-order valence-corrected chi connectivity index (χ2v) is 4.85. The molecule has 0 bridgehead atoms. The van der Waals surface area contributed by atoms with Crippen LogP contribution >= 0.6 is 0 Å². The van der Waals surface area contributed by atoms with Gasteiger partial charge in [0.2, 0.25) is 0 Å². The van der Waals surface area contributed by atoms with Crippen molar-refractivity contribution in [2.75, 3.05) is 0 Å². The maximum absolute atomic E-state index is 11.3. The lowest BCUT2D eigenvalue weighted by atomic mass is 9.81. The third-order valence-electron chi connectivity index (χ3n) is 3.73. The van der Waals surface area contributed by atoms with Gasteiger partial charge in [-0.15, -0.1) is 0 Å². The average Bonchev–Trinajstić information content (AvgIpc) is 2.72. The summed E-state index contributed by atoms with van der Waals surface area (Å²) in [7, 11) is 0. The molecule has 0 radical (unpaired) electrons. The van der Waals surface area contributed by atoms with Crippen molar-refractivity contribution in [1.82, 2.24) is 0 Å². The Balaban J connectivity index is 2.23. The molecule has 3 nitrogen and oxygen atoms in total. The van der Waals surface area contributed by atoms with Gasteiger partial charge < -0.3 is 10.2 Å².